The van der Waals surface area contributed by atoms with Gasteiger partial charge in [0.25, 0.3) is 5.91 Å². The van der Waals surface area contributed by atoms with Crippen LogP contribution in [0.4, 0.5) is 18.9 Å². The van der Waals surface area contributed by atoms with E-state index in [0.29, 0.717) is 5.56 Å². The minimum absolute atomic E-state index is 0.0304. The summed E-state index contributed by atoms with van der Waals surface area (Å²) in [6.07, 6.45) is -4.69. The molecular formula is C20H19F3N2O3. The zero-order valence-corrected chi connectivity index (χ0v) is 15.1. The Bertz CT molecular complexity index is 862. The van der Waals surface area contributed by atoms with Gasteiger partial charge in [-0.05, 0) is 19.1 Å². The molecule has 2 amide bonds. The van der Waals surface area contributed by atoms with Crippen LogP contribution in [-0.4, -0.2) is 30.3 Å². The molecule has 0 aliphatic carbocycles. The summed E-state index contributed by atoms with van der Waals surface area (Å²) in [4.78, 5) is 36.2. The second-order valence-corrected chi connectivity index (χ2v) is 6.18. The summed E-state index contributed by atoms with van der Waals surface area (Å²) in [5.41, 5.74) is 1.49. The van der Waals surface area contributed by atoms with Gasteiger partial charge in [0.1, 0.15) is 6.54 Å². The molecule has 2 N–H and O–H groups in total. The van der Waals surface area contributed by atoms with E-state index in [2.05, 4.69) is 5.32 Å². The maximum atomic E-state index is 12.3. The number of amides is 2. The van der Waals surface area contributed by atoms with E-state index < -0.39 is 24.5 Å². The van der Waals surface area contributed by atoms with Crippen molar-refractivity contribution < 1.29 is 27.6 Å². The minimum atomic E-state index is -4.54. The Hall–Kier alpha value is -3.16. The molecule has 8 heteroatoms. The molecule has 0 aliphatic rings. The molecule has 0 aromatic heterocycles. The van der Waals surface area contributed by atoms with Gasteiger partial charge in [0.05, 0.1) is 11.3 Å². The highest BCUT2D eigenvalue weighted by molar-refractivity contribution is 6.05. The smallest absolute Gasteiger partial charge is 0.343 e. The van der Waals surface area contributed by atoms with Gasteiger partial charge in [-0.3, -0.25) is 14.4 Å². The van der Waals surface area contributed by atoms with E-state index in [1.807, 2.05) is 6.92 Å². The maximum absolute atomic E-state index is 12.3. The number of Topliss-reactive ketones (excluding diaryl/α,β-unsaturated/α-hetero) is 1. The Balaban J connectivity index is 1.95. The average molecular weight is 392 g/mol. The van der Waals surface area contributed by atoms with Gasteiger partial charge >= 0.3 is 6.18 Å². The van der Waals surface area contributed by atoms with Crippen molar-refractivity contribution in [1.82, 2.24) is 5.32 Å². The van der Waals surface area contributed by atoms with Gasteiger partial charge in [0.2, 0.25) is 5.91 Å². The van der Waals surface area contributed by atoms with Crippen LogP contribution in [0.3, 0.4) is 0 Å². The van der Waals surface area contributed by atoms with E-state index in [4.69, 9.17) is 0 Å². The molecule has 0 unspecified atom stereocenters. The van der Waals surface area contributed by atoms with Gasteiger partial charge in [-0.1, -0.05) is 42.0 Å². The monoisotopic (exact) mass is 392 g/mol. The molecule has 0 aliphatic heterocycles. The lowest BCUT2D eigenvalue weighted by molar-refractivity contribution is -0.123. The Kier molecular flexibility index (Phi) is 6.92. The molecule has 148 valence electrons. The number of carbonyl (C=O) groups is 3. The summed E-state index contributed by atoms with van der Waals surface area (Å²) in [6, 6.07) is 12.7. The SMILES string of the molecule is Cc1ccc(C(=O)CCC(=O)Nc2ccccc2C(=O)NCC(F)(F)F)cc1. The maximum Gasteiger partial charge on any atom is 0.405 e. The van der Waals surface area contributed by atoms with E-state index in [0.717, 1.165) is 5.56 Å². The number of halogens is 3. The van der Waals surface area contributed by atoms with Crippen molar-refractivity contribution in [2.24, 2.45) is 0 Å². The predicted octanol–water partition coefficient (Wildman–Crippen LogP) is 3.89. The number of ketones is 1. The third-order valence-electron chi connectivity index (χ3n) is 3.85. The van der Waals surface area contributed by atoms with Crippen LogP contribution in [0.5, 0.6) is 0 Å². The van der Waals surface area contributed by atoms with E-state index in [1.165, 1.54) is 24.3 Å². The highest BCUT2D eigenvalue weighted by Crippen LogP contribution is 2.18. The van der Waals surface area contributed by atoms with E-state index in [-0.39, 0.29) is 29.9 Å². The highest BCUT2D eigenvalue weighted by Gasteiger charge is 2.28. The molecule has 0 atom stereocenters. The van der Waals surface area contributed by atoms with Crippen LogP contribution in [0.1, 0.15) is 39.1 Å². The first-order valence-electron chi connectivity index (χ1n) is 8.49. The lowest BCUT2D eigenvalue weighted by atomic mass is 10.0. The predicted molar refractivity (Wildman–Crippen MR) is 98.2 cm³/mol. The van der Waals surface area contributed by atoms with Crippen LogP contribution >= 0.6 is 0 Å². The number of aryl methyl sites for hydroxylation is 1. The Labute approximate surface area is 159 Å². The van der Waals surface area contributed by atoms with Crippen LogP contribution in [0.15, 0.2) is 48.5 Å². The zero-order chi connectivity index (χ0) is 20.7. The third kappa shape index (κ3) is 6.53. The molecule has 0 saturated carbocycles. The first-order chi connectivity index (χ1) is 13.2. The number of hydrogen-bond acceptors (Lipinski definition) is 3. The second-order valence-electron chi connectivity index (χ2n) is 6.18. The van der Waals surface area contributed by atoms with Crippen LogP contribution in [-0.2, 0) is 4.79 Å². The molecule has 0 saturated heterocycles. The van der Waals surface area contributed by atoms with Gasteiger partial charge in [-0.2, -0.15) is 13.2 Å². The molecule has 0 fully saturated rings. The molecule has 28 heavy (non-hydrogen) atoms. The number of rotatable bonds is 7. The number of carbonyl (C=O) groups excluding carboxylic acids is 3. The molecule has 0 spiro atoms. The van der Waals surface area contributed by atoms with Gasteiger partial charge in [0.15, 0.2) is 5.78 Å². The van der Waals surface area contributed by atoms with Crippen LogP contribution < -0.4 is 10.6 Å². The number of para-hydroxylation sites is 1. The summed E-state index contributed by atoms with van der Waals surface area (Å²) < 4.78 is 36.8. The summed E-state index contributed by atoms with van der Waals surface area (Å²) >= 11 is 0. The third-order valence-corrected chi connectivity index (χ3v) is 3.85. The Morgan fingerprint density at radius 1 is 0.929 bits per heavy atom. The summed E-state index contributed by atoms with van der Waals surface area (Å²) in [5, 5.41) is 4.23. The number of anilines is 1. The van der Waals surface area contributed by atoms with Crippen molar-refractivity contribution >= 4 is 23.3 Å². The minimum Gasteiger partial charge on any atom is -0.343 e. The van der Waals surface area contributed by atoms with Crippen LogP contribution in [0.2, 0.25) is 0 Å². The quantitative estimate of drug-likeness (QED) is 0.702. The largest absolute Gasteiger partial charge is 0.405 e. The molecule has 2 rings (SSSR count). The number of benzene rings is 2. The van der Waals surface area contributed by atoms with E-state index in [9.17, 15) is 27.6 Å². The first-order valence-corrected chi connectivity index (χ1v) is 8.49. The number of hydrogen-bond donors (Lipinski definition) is 2. The summed E-state index contributed by atoms with van der Waals surface area (Å²) in [6.45, 7) is 0.420. The zero-order valence-electron chi connectivity index (χ0n) is 15.1. The molecule has 0 bridgehead atoms. The summed E-state index contributed by atoms with van der Waals surface area (Å²) in [5.74, 6) is -1.67. The van der Waals surface area contributed by atoms with Crippen molar-refractivity contribution in [3.05, 3.63) is 65.2 Å². The van der Waals surface area contributed by atoms with Crippen molar-refractivity contribution in [2.45, 2.75) is 25.9 Å². The average Bonchev–Trinajstić information content (AvgIpc) is 2.64. The molecule has 2 aromatic carbocycles. The number of nitrogens with one attached hydrogen (secondary N) is 2. The summed E-state index contributed by atoms with van der Waals surface area (Å²) in [7, 11) is 0. The van der Waals surface area contributed by atoms with Crippen LogP contribution in [0, 0.1) is 6.92 Å². The second kappa shape index (κ2) is 9.16. The lowest BCUT2D eigenvalue weighted by Gasteiger charge is -2.12. The Morgan fingerprint density at radius 2 is 1.57 bits per heavy atom. The van der Waals surface area contributed by atoms with Gasteiger partial charge in [-0.15, -0.1) is 0 Å². The van der Waals surface area contributed by atoms with Crippen LogP contribution in [0.25, 0.3) is 0 Å². The van der Waals surface area contributed by atoms with Crippen molar-refractivity contribution in [3.63, 3.8) is 0 Å². The Morgan fingerprint density at radius 3 is 2.21 bits per heavy atom. The first kappa shape index (κ1) is 21.1. The standard InChI is InChI=1S/C20H19F3N2O3/c1-13-6-8-14(9-7-13)17(26)10-11-18(27)25-16-5-3-2-4-15(16)19(28)24-12-20(21,22)23/h2-9H,10-12H2,1H3,(H,24,28)(H,25,27). The molecule has 2 aromatic rings. The number of alkyl halides is 3. The fourth-order valence-corrected chi connectivity index (χ4v) is 2.39. The van der Waals surface area contributed by atoms with E-state index in [1.54, 1.807) is 29.6 Å². The lowest BCUT2D eigenvalue weighted by Crippen LogP contribution is -2.34. The molecule has 5 nitrogen and oxygen atoms in total. The molecule has 0 radical (unpaired) electrons. The fourth-order valence-electron chi connectivity index (χ4n) is 2.39. The van der Waals surface area contributed by atoms with Crippen molar-refractivity contribution in [2.75, 3.05) is 11.9 Å². The molecular weight excluding hydrogens is 373 g/mol. The van der Waals surface area contributed by atoms with Crippen molar-refractivity contribution in [3.8, 4) is 0 Å². The topological polar surface area (TPSA) is 75.3 Å². The van der Waals surface area contributed by atoms with Gasteiger partial charge in [0, 0.05) is 18.4 Å². The van der Waals surface area contributed by atoms with Gasteiger partial charge in [-0.25, -0.2) is 0 Å². The van der Waals surface area contributed by atoms with E-state index >= 15 is 0 Å². The van der Waals surface area contributed by atoms with Crippen molar-refractivity contribution in [1.29, 1.82) is 0 Å². The fraction of sp³-hybridized carbons (Fsp3) is 0.250. The van der Waals surface area contributed by atoms with Gasteiger partial charge < -0.3 is 10.6 Å². The normalized spacial score (nSPS) is 11.0. The molecule has 0 heterocycles. The highest BCUT2D eigenvalue weighted by atomic mass is 19.4.